The second kappa shape index (κ2) is 14.0. The van der Waals surface area contributed by atoms with E-state index in [-0.39, 0.29) is 0 Å². The second-order valence-electron chi connectivity index (χ2n) is 15.8. The van der Waals surface area contributed by atoms with Crippen molar-refractivity contribution in [1.29, 1.82) is 0 Å². The molecule has 0 saturated heterocycles. The molecule has 9 aromatic carbocycles. The van der Waals surface area contributed by atoms with Crippen LogP contribution in [0.5, 0.6) is 11.5 Å². The second-order valence-corrected chi connectivity index (χ2v) is 20.9. The monoisotopic (exact) mass is 750 g/mol. The largest absolute Gasteiger partial charge is 0.456 e. The first-order chi connectivity index (χ1) is 27.9. The average molecular weight is 751 g/mol. The van der Waals surface area contributed by atoms with Crippen LogP contribution in [0.3, 0.4) is 0 Å². The molecule has 0 aliphatic carbocycles. The first-order valence-electron chi connectivity index (χ1n) is 19.7. The van der Waals surface area contributed by atoms with Crippen LogP contribution in [0.25, 0.3) is 43.8 Å². The summed E-state index contributed by atoms with van der Waals surface area (Å²) in [4.78, 5) is 4.70. The van der Waals surface area contributed by atoms with Crippen molar-refractivity contribution >= 4 is 68.9 Å². The summed E-state index contributed by atoms with van der Waals surface area (Å²) in [6.45, 7) is 7.18. The summed E-state index contributed by atoms with van der Waals surface area (Å²) in [5.41, 5.74) is 11.3. The van der Waals surface area contributed by atoms with Gasteiger partial charge in [0.05, 0.1) is 13.8 Å². The highest BCUT2D eigenvalue weighted by Gasteiger charge is 2.25. The van der Waals surface area contributed by atoms with Crippen LogP contribution in [0.15, 0.2) is 200 Å². The first kappa shape index (κ1) is 34.6. The highest BCUT2D eigenvalue weighted by Crippen LogP contribution is 2.51. The smallest absolute Gasteiger partial charge is 0.137 e. The van der Waals surface area contributed by atoms with Gasteiger partial charge in [-0.3, -0.25) is 0 Å². The third-order valence-corrected chi connectivity index (χ3v) is 13.2. The molecule has 0 atom stereocenters. The van der Waals surface area contributed by atoms with E-state index < -0.39 is 8.07 Å². The summed E-state index contributed by atoms with van der Waals surface area (Å²) in [5.74, 6) is 1.73. The highest BCUT2D eigenvalue weighted by molar-refractivity contribution is 6.88. The molecular weight excluding hydrogens is 709 g/mol. The lowest BCUT2D eigenvalue weighted by Gasteiger charge is -2.29. The Labute approximate surface area is 335 Å². The molecular formula is C53H42N2OSi. The molecule has 3 nitrogen and oxygen atoms in total. The van der Waals surface area contributed by atoms with Gasteiger partial charge < -0.3 is 14.5 Å². The number of anilines is 6. The molecule has 9 aromatic rings. The van der Waals surface area contributed by atoms with Gasteiger partial charge in [0, 0.05) is 51.0 Å². The fraction of sp³-hybridized carbons (Fsp3) is 0.0566. The summed E-state index contributed by atoms with van der Waals surface area (Å²) >= 11 is 0. The van der Waals surface area contributed by atoms with Crippen molar-refractivity contribution in [2.75, 3.05) is 9.80 Å². The molecule has 10 rings (SSSR count). The van der Waals surface area contributed by atoms with Crippen molar-refractivity contribution in [3.05, 3.63) is 200 Å². The summed E-state index contributed by atoms with van der Waals surface area (Å²) in [5, 5.41) is 6.14. The zero-order valence-electron chi connectivity index (χ0n) is 32.4. The van der Waals surface area contributed by atoms with Crippen LogP contribution in [0.4, 0.5) is 34.1 Å². The highest BCUT2D eigenvalue weighted by atomic mass is 28.3. The minimum Gasteiger partial charge on any atom is -0.456 e. The van der Waals surface area contributed by atoms with E-state index in [0.29, 0.717) is 0 Å². The molecule has 0 amide bonds. The van der Waals surface area contributed by atoms with E-state index in [1.807, 2.05) is 0 Å². The lowest BCUT2D eigenvalue weighted by Crippen LogP contribution is -2.37. The third kappa shape index (κ3) is 6.25. The Bertz CT molecular complexity index is 2900. The Balaban J connectivity index is 1.10. The molecule has 0 saturated carbocycles. The third-order valence-electron chi connectivity index (χ3n) is 11.2. The normalized spacial score (nSPS) is 11.9. The van der Waals surface area contributed by atoms with Gasteiger partial charge in [-0.1, -0.05) is 140 Å². The topological polar surface area (TPSA) is 15.7 Å². The van der Waals surface area contributed by atoms with Gasteiger partial charge in [-0.25, -0.2) is 0 Å². The van der Waals surface area contributed by atoms with Gasteiger partial charge in [0.1, 0.15) is 11.5 Å². The molecule has 0 N–H and O–H groups in total. The van der Waals surface area contributed by atoms with Crippen molar-refractivity contribution in [3.63, 3.8) is 0 Å². The maximum Gasteiger partial charge on any atom is 0.137 e. The van der Waals surface area contributed by atoms with E-state index in [9.17, 15) is 0 Å². The van der Waals surface area contributed by atoms with Crippen LogP contribution in [0, 0.1) is 0 Å². The van der Waals surface area contributed by atoms with Gasteiger partial charge in [-0.2, -0.15) is 0 Å². The molecule has 1 aliphatic rings. The van der Waals surface area contributed by atoms with Crippen molar-refractivity contribution in [2.45, 2.75) is 19.6 Å². The average Bonchev–Trinajstić information content (AvgIpc) is 3.25. The van der Waals surface area contributed by atoms with Gasteiger partial charge in [0.25, 0.3) is 0 Å². The van der Waals surface area contributed by atoms with E-state index in [4.69, 9.17) is 4.74 Å². The van der Waals surface area contributed by atoms with Crippen LogP contribution in [0.1, 0.15) is 0 Å². The fourth-order valence-corrected chi connectivity index (χ4v) is 9.51. The Kier molecular flexibility index (Phi) is 8.50. The molecule has 0 fully saturated rings. The molecule has 274 valence electrons. The van der Waals surface area contributed by atoms with E-state index in [1.54, 1.807) is 0 Å². The number of fused-ring (bicyclic) bond motifs is 4. The molecule has 0 spiro atoms. The predicted octanol–water partition coefficient (Wildman–Crippen LogP) is 14.9. The molecule has 1 aliphatic heterocycles. The molecule has 57 heavy (non-hydrogen) atoms. The van der Waals surface area contributed by atoms with Crippen LogP contribution in [-0.4, -0.2) is 8.07 Å². The first-order valence-corrected chi connectivity index (χ1v) is 23.2. The number of para-hydroxylation sites is 3. The lowest BCUT2D eigenvalue weighted by atomic mass is 9.90. The predicted molar refractivity (Wildman–Crippen MR) is 245 cm³/mol. The number of benzene rings is 9. The standard InChI is InChI=1S/C53H42N2OSi/c1-57(2,3)44-31-28-41(29-32-44)54(39-18-9-5-10-19-39)43-30-33-46-49-34-38-26-27-42(35-48(38)47-23-15-25-51(53(47)49)56-52(46)36-43)55(40-20-11-6-12-21-40)50-24-14-13-22-45(50)37-16-7-4-8-17-37/h4-36H,1-3H3. The van der Waals surface area contributed by atoms with E-state index >= 15 is 0 Å². The van der Waals surface area contributed by atoms with Gasteiger partial charge in [0.2, 0.25) is 0 Å². The summed E-state index contributed by atoms with van der Waals surface area (Å²) in [6, 6.07) is 72.1. The van der Waals surface area contributed by atoms with Crippen LogP contribution in [0.2, 0.25) is 19.6 Å². The number of hydrogen-bond donors (Lipinski definition) is 0. The quantitative estimate of drug-likeness (QED) is 0.114. The number of rotatable bonds is 8. The number of ether oxygens (including phenoxy) is 1. The van der Waals surface area contributed by atoms with Crippen LogP contribution in [-0.2, 0) is 0 Å². The molecule has 4 heteroatoms. The van der Waals surface area contributed by atoms with Gasteiger partial charge in [-0.05, 0) is 106 Å². The van der Waals surface area contributed by atoms with Gasteiger partial charge in [-0.15, -0.1) is 0 Å². The maximum absolute atomic E-state index is 6.87. The van der Waals surface area contributed by atoms with Crippen LogP contribution >= 0.6 is 0 Å². The molecule has 0 aromatic heterocycles. The Morgan fingerprint density at radius 1 is 0.386 bits per heavy atom. The fourth-order valence-electron chi connectivity index (χ4n) is 8.35. The zero-order chi connectivity index (χ0) is 38.5. The maximum atomic E-state index is 6.87. The summed E-state index contributed by atoms with van der Waals surface area (Å²) in [7, 11) is -1.44. The van der Waals surface area contributed by atoms with Crippen molar-refractivity contribution < 1.29 is 4.74 Å². The van der Waals surface area contributed by atoms with E-state index in [1.165, 1.54) is 38.0 Å². The Morgan fingerprint density at radius 3 is 1.70 bits per heavy atom. The van der Waals surface area contributed by atoms with Gasteiger partial charge in [0.15, 0.2) is 0 Å². The number of nitrogens with zero attached hydrogens (tertiary/aromatic N) is 2. The molecule has 0 bridgehead atoms. The van der Waals surface area contributed by atoms with Crippen molar-refractivity contribution in [3.8, 4) is 33.8 Å². The minimum atomic E-state index is -1.44. The Hall–Kier alpha value is -6.88. The van der Waals surface area contributed by atoms with E-state index in [2.05, 4.69) is 230 Å². The van der Waals surface area contributed by atoms with E-state index in [0.717, 1.165) is 56.6 Å². The summed E-state index contributed by atoms with van der Waals surface area (Å²) in [6.07, 6.45) is 0. The van der Waals surface area contributed by atoms with Crippen LogP contribution < -0.4 is 19.7 Å². The lowest BCUT2D eigenvalue weighted by molar-refractivity contribution is 0.487. The zero-order valence-corrected chi connectivity index (χ0v) is 33.4. The Morgan fingerprint density at radius 2 is 0.982 bits per heavy atom. The number of hydrogen-bond acceptors (Lipinski definition) is 3. The minimum absolute atomic E-state index is 0.857. The van der Waals surface area contributed by atoms with Gasteiger partial charge >= 0.3 is 0 Å². The summed E-state index contributed by atoms with van der Waals surface area (Å²) < 4.78 is 6.87. The molecule has 0 unspecified atom stereocenters. The molecule has 1 heterocycles. The van der Waals surface area contributed by atoms with Crippen molar-refractivity contribution in [2.24, 2.45) is 0 Å². The molecule has 0 radical (unpaired) electrons. The van der Waals surface area contributed by atoms with Crippen molar-refractivity contribution in [1.82, 2.24) is 0 Å². The SMILES string of the molecule is C[Si](C)(C)c1ccc(N(c2ccccc2)c2ccc3c(c2)Oc2cccc4c2c-3cc2ccc(N(c3ccccc3)c3ccccc3-c3ccccc3)cc24)cc1.